The number of thiazole rings is 1. The van der Waals surface area contributed by atoms with Crippen molar-refractivity contribution in [3.05, 3.63) is 16.1 Å². The van der Waals surface area contributed by atoms with E-state index >= 15 is 0 Å². The van der Waals surface area contributed by atoms with Gasteiger partial charge in [0.25, 0.3) is 0 Å². The number of carbonyl (C=O) groups is 2. The number of thioether (sulfide) groups is 1. The molecular weight excluding hydrogens is 312 g/mol. The first-order valence-electron chi connectivity index (χ1n) is 6.52. The van der Waals surface area contributed by atoms with E-state index in [-0.39, 0.29) is 12.3 Å². The highest BCUT2D eigenvalue weighted by atomic mass is 32.2. The predicted molar refractivity (Wildman–Crippen MR) is 83.7 cm³/mol. The van der Waals surface area contributed by atoms with E-state index in [0.717, 1.165) is 16.5 Å². The van der Waals surface area contributed by atoms with Gasteiger partial charge < -0.3 is 15.2 Å². The van der Waals surface area contributed by atoms with E-state index < -0.39 is 12.0 Å². The molecule has 118 valence electrons. The van der Waals surface area contributed by atoms with Crippen molar-refractivity contribution in [2.45, 2.75) is 31.6 Å². The van der Waals surface area contributed by atoms with E-state index in [1.807, 2.05) is 12.3 Å². The number of aliphatic carboxylic acids is 1. The van der Waals surface area contributed by atoms with Crippen LogP contribution in [0.3, 0.4) is 0 Å². The Morgan fingerprint density at radius 1 is 1.57 bits per heavy atom. The normalized spacial score (nSPS) is 12.1. The highest BCUT2D eigenvalue weighted by Crippen LogP contribution is 2.15. The summed E-state index contributed by atoms with van der Waals surface area (Å²) in [6.45, 7) is 2.26. The molecule has 0 spiro atoms. The number of nitrogens with one attached hydrogen (secondary N) is 1. The van der Waals surface area contributed by atoms with Gasteiger partial charge in [-0.15, -0.1) is 11.3 Å². The number of aromatic nitrogens is 1. The minimum atomic E-state index is -1.04. The quantitative estimate of drug-likeness (QED) is 0.634. The van der Waals surface area contributed by atoms with Gasteiger partial charge >= 0.3 is 5.97 Å². The first-order chi connectivity index (χ1) is 10.0. The van der Waals surface area contributed by atoms with Crippen LogP contribution in [0.2, 0.25) is 0 Å². The number of nitrogens with zero attached hydrogens (tertiary/aromatic N) is 1. The zero-order valence-corrected chi connectivity index (χ0v) is 13.8. The molecule has 2 N–H and O–H groups in total. The highest BCUT2D eigenvalue weighted by Gasteiger charge is 2.19. The Hall–Kier alpha value is -1.12. The van der Waals surface area contributed by atoms with Crippen LogP contribution in [-0.2, 0) is 20.1 Å². The molecule has 0 aliphatic carbocycles. The van der Waals surface area contributed by atoms with Crippen molar-refractivity contribution < 1.29 is 19.4 Å². The van der Waals surface area contributed by atoms with Crippen molar-refractivity contribution in [1.29, 1.82) is 0 Å². The molecule has 0 aliphatic rings. The smallest absolute Gasteiger partial charge is 0.326 e. The second-order valence-electron chi connectivity index (χ2n) is 4.40. The summed E-state index contributed by atoms with van der Waals surface area (Å²) in [6.07, 6.45) is 0.563. The lowest BCUT2D eigenvalue weighted by atomic mass is 10.2. The highest BCUT2D eigenvalue weighted by molar-refractivity contribution is 7.98. The standard InChI is InChI=1S/C13H20N2O4S2/c1-9-14-10(8-21-9)7-20-6-4-12(16)15-11(13(17)18)3-5-19-2/h8,11H,3-7H2,1-2H3,(H,15,16)(H,17,18). The number of amides is 1. The molecule has 1 amide bonds. The van der Waals surface area contributed by atoms with Crippen LogP contribution in [0.1, 0.15) is 23.5 Å². The van der Waals surface area contributed by atoms with Gasteiger partial charge in [0.05, 0.1) is 10.7 Å². The molecule has 1 aromatic rings. The lowest BCUT2D eigenvalue weighted by Gasteiger charge is -2.13. The average molecular weight is 332 g/mol. The number of aryl methyl sites for hydroxylation is 1. The predicted octanol–water partition coefficient (Wildman–Crippen LogP) is 1.68. The van der Waals surface area contributed by atoms with Crippen molar-refractivity contribution in [3.8, 4) is 0 Å². The molecule has 0 radical (unpaired) electrons. The van der Waals surface area contributed by atoms with Crippen molar-refractivity contribution in [2.24, 2.45) is 0 Å². The van der Waals surface area contributed by atoms with Crippen LogP contribution in [0.5, 0.6) is 0 Å². The summed E-state index contributed by atoms with van der Waals surface area (Å²) in [6, 6.07) is -0.886. The van der Waals surface area contributed by atoms with E-state index in [1.165, 1.54) is 7.11 Å². The Bertz CT molecular complexity index is 465. The summed E-state index contributed by atoms with van der Waals surface area (Å²) >= 11 is 3.22. The molecule has 0 fully saturated rings. The molecule has 8 heteroatoms. The average Bonchev–Trinajstić information content (AvgIpc) is 2.85. The number of hydrogen-bond donors (Lipinski definition) is 2. The monoisotopic (exact) mass is 332 g/mol. The van der Waals surface area contributed by atoms with Gasteiger partial charge in [0, 0.05) is 43.4 Å². The van der Waals surface area contributed by atoms with E-state index in [0.29, 0.717) is 18.8 Å². The number of ether oxygens (including phenoxy) is 1. The van der Waals surface area contributed by atoms with Crippen molar-refractivity contribution >= 4 is 35.0 Å². The summed E-state index contributed by atoms with van der Waals surface area (Å²) in [7, 11) is 1.50. The third kappa shape index (κ3) is 7.45. The van der Waals surface area contributed by atoms with Gasteiger partial charge in [-0.3, -0.25) is 4.79 Å². The number of carboxylic acid groups (broad SMARTS) is 1. The lowest BCUT2D eigenvalue weighted by Crippen LogP contribution is -2.41. The largest absolute Gasteiger partial charge is 0.480 e. The second kappa shape index (κ2) is 9.75. The van der Waals surface area contributed by atoms with Crippen LogP contribution in [0, 0.1) is 6.92 Å². The van der Waals surface area contributed by atoms with E-state index in [4.69, 9.17) is 9.84 Å². The molecule has 6 nitrogen and oxygen atoms in total. The molecule has 1 heterocycles. The topological polar surface area (TPSA) is 88.5 Å². The third-order valence-electron chi connectivity index (χ3n) is 2.63. The van der Waals surface area contributed by atoms with Gasteiger partial charge in [-0.2, -0.15) is 11.8 Å². The van der Waals surface area contributed by atoms with E-state index in [9.17, 15) is 9.59 Å². The van der Waals surface area contributed by atoms with Crippen LogP contribution >= 0.6 is 23.1 Å². The summed E-state index contributed by atoms with van der Waals surface area (Å²) in [5.41, 5.74) is 1.02. The molecule has 0 aromatic carbocycles. The molecule has 0 saturated carbocycles. The third-order valence-corrected chi connectivity index (χ3v) is 4.45. The summed E-state index contributed by atoms with van der Waals surface area (Å²) in [4.78, 5) is 27.0. The van der Waals surface area contributed by atoms with Crippen LogP contribution in [0.25, 0.3) is 0 Å². The van der Waals surface area contributed by atoms with Gasteiger partial charge in [0.15, 0.2) is 0 Å². The fraction of sp³-hybridized carbons (Fsp3) is 0.615. The number of hydrogen-bond acceptors (Lipinski definition) is 6. The van der Waals surface area contributed by atoms with Crippen molar-refractivity contribution in [3.63, 3.8) is 0 Å². The molecule has 1 atom stereocenters. The molecule has 1 rings (SSSR count). The molecule has 0 saturated heterocycles. The summed E-state index contributed by atoms with van der Waals surface area (Å²) in [5, 5.41) is 14.5. The number of rotatable bonds is 10. The Morgan fingerprint density at radius 3 is 2.90 bits per heavy atom. The Morgan fingerprint density at radius 2 is 2.33 bits per heavy atom. The van der Waals surface area contributed by atoms with Gasteiger partial charge in [-0.25, -0.2) is 9.78 Å². The fourth-order valence-corrected chi connectivity index (χ4v) is 3.12. The molecule has 0 bridgehead atoms. The molecule has 21 heavy (non-hydrogen) atoms. The van der Waals surface area contributed by atoms with Crippen LogP contribution < -0.4 is 5.32 Å². The Labute approximate surface area is 132 Å². The molecule has 0 aliphatic heterocycles. The number of carbonyl (C=O) groups excluding carboxylic acids is 1. The van der Waals surface area contributed by atoms with Crippen LogP contribution in [-0.4, -0.2) is 47.5 Å². The first-order valence-corrected chi connectivity index (χ1v) is 8.56. The maximum Gasteiger partial charge on any atom is 0.326 e. The second-order valence-corrected chi connectivity index (χ2v) is 6.57. The molecular formula is C13H20N2O4S2. The first kappa shape index (κ1) is 17.9. The van der Waals surface area contributed by atoms with E-state index in [2.05, 4.69) is 10.3 Å². The SMILES string of the molecule is COCCC(NC(=O)CCSCc1csc(C)n1)C(=O)O. The Balaban J connectivity index is 2.21. The van der Waals surface area contributed by atoms with Gasteiger partial charge in [0.2, 0.25) is 5.91 Å². The Kier molecular flexibility index (Phi) is 8.33. The lowest BCUT2D eigenvalue weighted by molar-refractivity contribution is -0.142. The minimum Gasteiger partial charge on any atom is -0.480 e. The van der Waals surface area contributed by atoms with Crippen LogP contribution in [0.15, 0.2) is 5.38 Å². The van der Waals surface area contributed by atoms with Crippen molar-refractivity contribution in [2.75, 3.05) is 19.5 Å². The van der Waals surface area contributed by atoms with Gasteiger partial charge in [0.1, 0.15) is 6.04 Å². The van der Waals surface area contributed by atoms with Gasteiger partial charge in [-0.05, 0) is 6.92 Å². The zero-order valence-electron chi connectivity index (χ0n) is 12.1. The van der Waals surface area contributed by atoms with Crippen molar-refractivity contribution in [1.82, 2.24) is 10.3 Å². The molecule has 1 aromatic heterocycles. The number of methoxy groups -OCH3 is 1. The summed E-state index contributed by atoms with van der Waals surface area (Å²) in [5.74, 6) is 0.120. The number of carboxylic acids is 1. The maximum absolute atomic E-state index is 11.7. The minimum absolute atomic E-state index is 0.250. The molecule has 1 unspecified atom stereocenters. The fourth-order valence-electron chi connectivity index (χ4n) is 1.58. The van der Waals surface area contributed by atoms with E-state index in [1.54, 1.807) is 23.1 Å². The van der Waals surface area contributed by atoms with Crippen LogP contribution in [0.4, 0.5) is 0 Å². The maximum atomic E-state index is 11.7. The van der Waals surface area contributed by atoms with Gasteiger partial charge in [-0.1, -0.05) is 0 Å². The summed E-state index contributed by atoms with van der Waals surface area (Å²) < 4.78 is 4.83. The zero-order chi connectivity index (χ0) is 15.7.